The lowest BCUT2D eigenvalue weighted by Gasteiger charge is -2.11. The van der Waals surface area contributed by atoms with Gasteiger partial charge in [0.2, 0.25) is 0 Å². The number of hydrogen-bond donors (Lipinski definition) is 1. The van der Waals surface area contributed by atoms with Crippen molar-refractivity contribution in [3.8, 4) is 0 Å². The molecule has 170 valence electrons. The number of carbonyl (C=O) groups is 1. The molecule has 2 aromatic carbocycles. The van der Waals surface area contributed by atoms with Gasteiger partial charge in [0.25, 0.3) is 5.66 Å². The van der Waals surface area contributed by atoms with E-state index >= 15 is 0 Å². The number of benzene rings is 2. The van der Waals surface area contributed by atoms with Crippen LogP contribution in [0.15, 0.2) is 58.5 Å². The lowest BCUT2D eigenvalue weighted by Crippen LogP contribution is -2.06. The number of alkyl halides is 2. The maximum absolute atomic E-state index is 13.3. The summed E-state index contributed by atoms with van der Waals surface area (Å²) in [5.74, 6) is -0.956. The lowest BCUT2D eigenvalue weighted by molar-refractivity contribution is -0.129. The fraction of sp³-hybridized carbons (Fsp3) is 0.261. The average molecular weight is 499 g/mol. The van der Waals surface area contributed by atoms with Crippen molar-refractivity contribution < 1.29 is 18.7 Å². The van der Waals surface area contributed by atoms with Crippen molar-refractivity contribution in [2.45, 2.75) is 25.4 Å². The molecule has 32 heavy (non-hydrogen) atoms. The molecule has 1 aliphatic heterocycles. The minimum atomic E-state index is -2.93. The van der Waals surface area contributed by atoms with Gasteiger partial charge in [0, 0.05) is 29.2 Å². The topological polar surface area (TPSA) is 62.0 Å². The van der Waals surface area contributed by atoms with Crippen LogP contribution >= 0.6 is 32.4 Å². The van der Waals surface area contributed by atoms with Gasteiger partial charge < -0.3 is 5.11 Å². The molecular weight excluding hydrogens is 476 g/mol. The number of carboxylic acid groups (broad SMARTS) is 1. The molecule has 0 radical (unpaired) electrons. The maximum atomic E-state index is 13.3. The van der Waals surface area contributed by atoms with Gasteiger partial charge in [-0.15, -0.1) is 0 Å². The first-order valence-corrected chi connectivity index (χ1v) is 11.0. The van der Waals surface area contributed by atoms with Crippen molar-refractivity contribution in [2.75, 3.05) is 13.6 Å². The standard InChI is InChI=1S/C19H16Cl2F2NP.C4H7NO2/c20-16-8-14(9-17(21)11-16)13-2-1-7-24-18(10-13)12-3-5-15(6-4-12)19(22,23)25;1-3(5-2)4(6)7/h3-6,8-11H,1-2,7,25H2;1-2H3,(H,6,7). The summed E-state index contributed by atoms with van der Waals surface area (Å²) in [7, 11) is 3.00. The summed E-state index contributed by atoms with van der Waals surface area (Å²) in [4.78, 5) is 17.8. The van der Waals surface area contributed by atoms with Crippen LogP contribution in [0.25, 0.3) is 5.57 Å². The van der Waals surface area contributed by atoms with E-state index in [9.17, 15) is 13.6 Å². The Balaban J connectivity index is 0.000000451. The minimum absolute atomic E-state index is 0.0405. The summed E-state index contributed by atoms with van der Waals surface area (Å²) in [6.07, 6.45) is 3.75. The van der Waals surface area contributed by atoms with E-state index in [1.54, 1.807) is 27.4 Å². The Labute approximate surface area is 198 Å². The number of carboxylic acids is 1. The average Bonchev–Trinajstić information content (AvgIpc) is 2.99. The van der Waals surface area contributed by atoms with E-state index in [4.69, 9.17) is 28.3 Å². The third-order valence-corrected chi connectivity index (χ3v) is 5.41. The van der Waals surface area contributed by atoms with Crippen LogP contribution in [0.2, 0.25) is 10.0 Å². The minimum Gasteiger partial charge on any atom is -0.477 e. The highest BCUT2D eigenvalue weighted by atomic mass is 35.5. The highest BCUT2D eigenvalue weighted by molar-refractivity contribution is 7.17. The molecule has 0 bridgehead atoms. The van der Waals surface area contributed by atoms with Crippen molar-refractivity contribution in [1.29, 1.82) is 0 Å². The van der Waals surface area contributed by atoms with Crippen LogP contribution in [-0.2, 0) is 10.5 Å². The molecule has 1 N–H and O–H groups in total. The van der Waals surface area contributed by atoms with Gasteiger partial charge in [-0.3, -0.25) is 9.98 Å². The third kappa shape index (κ3) is 7.77. The molecule has 0 aliphatic carbocycles. The van der Waals surface area contributed by atoms with Gasteiger partial charge in [-0.2, -0.15) is 8.78 Å². The Morgan fingerprint density at radius 3 is 2.19 bits per heavy atom. The first-order valence-electron chi connectivity index (χ1n) is 9.67. The summed E-state index contributed by atoms with van der Waals surface area (Å²) >= 11 is 12.2. The van der Waals surface area contributed by atoms with Gasteiger partial charge in [0.15, 0.2) is 0 Å². The fourth-order valence-corrected chi connectivity index (χ4v) is 3.57. The van der Waals surface area contributed by atoms with Crippen LogP contribution in [0.4, 0.5) is 8.78 Å². The Bertz CT molecular complexity index is 1040. The third-order valence-electron chi connectivity index (χ3n) is 4.64. The molecular formula is C23H23Cl2F2N2O2P. The normalized spacial score (nSPS) is 14.5. The molecule has 1 aliphatic rings. The van der Waals surface area contributed by atoms with Crippen molar-refractivity contribution in [1.82, 2.24) is 0 Å². The molecule has 3 rings (SSSR count). The summed E-state index contributed by atoms with van der Waals surface area (Å²) in [6.45, 7) is 2.13. The molecule has 0 fully saturated rings. The molecule has 0 aromatic heterocycles. The van der Waals surface area contributed by atoms with Crippen LogP contribution in [0.1, 0.15) is 36.5 Å². The maximum Gasteiger partial charge on any atom is 0.349 e. The molecule has 1 heterocycles. The Morgan fingerprint density at radius 1 is 1.12 bits per heavy atom. The molecule has 2 aromatic rings. The monoisotopic (exact) mass is 498 g/mol. The molecule has 0 saturated heterocycles. The number of aliphatic carboxylic acids is 1. The van der Waals surface area contributed by atoms with Crippen LogP contribution in [0.3, 0.4) is 0 Å². The summed E-state index contributed by atoms with van der Waals surface area (Å²) < 4.78 is 26.7. The van der Waals surface area contributed by atoms with Gasteiger partial charge in [-0.1, -0.05) is 56.7 Å². The van der Waals surface area contributed by atoms with Crippen LogP contribution in [0, 0.1) is 0 Å². The van der Waals surface area contributed by atoms with E-state index in [0.29, 0.717) is 16.6 Å². The van der Waals surface area contributed by atoms with Crippen molar-refractivity contribution in [3.63, 3.8) is 0 Å². The number of hydrogen-bond acceptors (Lipinski definition) is 3. The number of rotatable bonds is 4. The van der Waals surface area contributed by atoms with Gasteiger partial charge in [0.1, 0.15) is 5.71 Å². The Hall–Kier alpha value is -2.14. The van der Waals surface area contributed by atoms with E-state index < -0.39 is 11.6 Å². The zero-order chi connectivity index (χ0) is 23.9. The number of halogens is 4. The van der Waals surface area contributed by atoms with Crippen LogP contribution < -0.4 is 0 Å². The second-order valence-electron chi connectivity index (χ2n) is 7.01. The van der Waals surface area contributed by atoms with Gasteiger partial charge in [-0.05, 0) is 60.7 Å². The number of aliphatic imine (C=N–C) groups is 2. The molecule has 1 atom stereocenters. The van der Waals surface area contributed by atoms with Crippen LogP contribution in [0.5, 0.6) is 0 Å². The highest BCUT2D eigenvalue weighted by Crippen LogP contribution is 2.35. The highest BCUT2D eigenvalue weighted by Gasteiger charge is 2.24. The number of allylic oxidation sites excluding steroid dienone is 2. The predicted octanol–water partition coefficient (Wildman–Crippen LogP) is 6.75. The Kier molecular flexibility index (Phi) is 9.50. The molecule has 0 saturated carbocycles. The zero-order valence-corrected chi connectivity index (χ0v) is 20.2. The molecule has 4 nitrogen and oxygen atoms in total. The van der Waals surface area contributed by atoms with E-state index in [0.717, 1.165) is 35.3 Å². The summed E-state index contributed by atoms with van der Waals surface area (Å²) in [6, 6.07) is 11.7. The van der Waals surface area contributed by atoms with Crippen molar-refractivity contribution in [3.05, 3.63) is 75.3 Å². The lowest BCUT2D eigenvalue weighted by atomic mass is 9.98. The van der Waals surface area contributed by atoms with Crippen molar-refractivity contribution >= 4 is 55.4 Å². The first-order chi connectivity index (χ1) is 15.0. The van der Waals surface area contributed by atoms with Gasteiger partial charge in [0.05, 0.1) is 5.71 Å². The smallest absolute Gasteiger partial charge is 0.349 e. The van der Waals surface area contributed by atoms with Gasteiger partial charge in [-0.25, -0.2) is 4.79 Å². The van der Waals surface area contributed by atoms with Crippen molar-refractivity contribution in [2.24, 2.45) is 9.98 Å². The SMILES string of the molecule is CN=C(C)C(=O)O.FC(F)(P)c1ccc(C2=NCCCC(c3cc(Cl)cc(Cl)c3)=C2)cc1. The van der Waals surface area contributed by atoms with Crippen LogP contribution in [-0.4, -0.2) is 36.1 Å². The number of nitrogens with zero attached hydrogens (tertiary/aromatic N) is 2. The molecule has 0 spiro atoms. The zero-order valence-electron chi connectivity index (χ0n) is 17.6. The first kappa shape index (κ1) is 26.1. The fourth-order valence-electron chi connectivity index (χ4n) is 2.85. The quantitative estimate of drug-likeness (QED) is 0.374. The summed E-state index contributed by atoms with van der Waals surface area (Å²) in [5.41, 5.74) is 0.804. The second-order valence-corrected chi connectivity index (χ2v) is 8.61. The molecule has 9 heteroatoms. The van der Waals surface area contributed by atoms with E-state index in [1.165, 1.54) is 26.1 Å². The van der Waals surface area contributed by atoms with E-state index in [1.807, 2.05) is 18.2 Å². The van der Waals surface area contributed by atoms with E-state index in [-0.39, 0.29) is 11.3 Å². The summed E-state index contributed by atoms with van der Waals surface area (Å²) in [5, 5.41) is 9.21. The predicted molar refractivity (Wildman–Crippen MR) is 132 cm³/mol. The Morgan fingerprint density at radius 2 is 1.72 bits per heavy atom. The molecule has 1 unspecified atom stereocenters. The van der Waals surface area contributed by atoms with E-state index in [2.05, 4.69) is 9.98 Å². The second kappa shape index (κ2) is 11.6. The molecule has 0 amide bonds. The largest absolute Gasteiger partial charge is 0.477 e. The van der Waals surface area contributed by atoms with Gasteiger partial charge >= 0.3 is 5.97 Å².